The maximum absolute atomic E-state index is 12.7. The molecule has 0 aromatic heterocycles. The van der Waals surface area contributed by atoms with E-state index in [1.165, 1.54) is 16.4 Å². The molecule has 3 amide bonds. The van der Waals surface area contributed by atoms with Crippen molar-refractivity contribution >= 4 is 33.4 Å². The van der Waals surface area contributed by atoms with Gasteiger partial charge in [-0.2, -0.15) is 4.31 Å². The molecule has 2 fully saturated rings. The first-order valence-corrected chi connectivity index (χ1v) is 11.7. The van der Waals surface area contributed by atoms with Gasteiger partial charge < -0.3 is 5.32 Å². The summed E-state index contributed by atoms with van der Waals surface area (Å²) < 4.78 is 26.9. The number of benzene rings is 1. The molecular weight excluding hydrogens is 406 g/mol. The van der Waals surface area contributed by atoms with E-state index < -0.39 is 21.3 Å². The molecule has 0 radical (unpaired) electrons. The van der Waals surface area contributed by atoms with Gasteiger partial charge in [-0.25, -0.2) is 8.42 Å². The Bertz CT molecular complexity index is 953. The Labute approximate surface area is 177 Å². The molecule has 30 heavy (non-hydrogen) atoms. The summed E-state index contributed by atoms with van der Waals surface area (Å²) in [4.78, 5) is 38.7. The van der Waals surface area contributed by atoms with E-state index in [-0.39, 0.29) is 35.6 Å². The molecule has 2 heterocycles. The summed E-state index contributed by atoms with van der Waals surface area (Å²) in [7, 11) is -3.60. The molecule has 0 saturated carbocycles. The van der Waals surface area contributed by atoms with Crippen LogP contribution in [0.15, 0.2) is 29.2 Å². The van der Waals surface area contributed by atoms with Crippen LogP contribution in [0.2, 0.25) is 0 Å². The Morgan fingerprint density at radius 2 is 1.87 bits per heavy atom. The number of hydrogen-bond donors (Lipinski definition) is 1. The van der Waals surface area contributed by atoms with Crippen LogP contribution in [0.4, 0.5) is 5.69 Å². The van der Waals surface area contributed by atoms with E-state index in [0.29, 0.717) is 25.2 Å². The van der Waals surface area contributed by atoms with E-state index in [0.717, 1.165) is 17.7 Å². The number of anilines is 1. The third kappa shape index (κ3) is 4.57. The molecule has 2 aliphatic rings. The number of carbonyl (C=O) groups is 3. The van der Waals surface area contributed by atoms with Gasteiger partial charge in [0.15, 0.2) is 0 Å². The molecule has 2 aliphatic heterocycles. The van der Waals surface area contributed by atoms with Crippen LogP contribution in [0.1, 0.15) is 46.5 Å². The fourth-order valence-electron chi connectivity index (χ4n) is 4.32. The van der Waals surface area contributed by atoms with Gasteiger partial charge in [-0.15, -0.1) is 0 Å². The second-order valence-corrected chi connectivity index (χ2v) is 10.7. The van der Waals surface area contributed by atoms with Gasteiger partial charge in [-0.3, -0.25) is 19.3 Å². The molecule has 2 saturated heterocycles. The third-order valence-electron chi connectivity index (χ3n) is 5.59. The van der Waals surface area contributed by atoms with Gasteiger partial charge in [-0.05, 0) is 43.4 Å². The topological polar surface area (TPSA) is 104 Å². The quantitative estimate of drug-likeness (QED) is 0.662. The average molecular weight is 436 g/mol. The Morgan fingerprint density at radius 1 is 1.20 bits per heavy atom. The first-order chi connectivity index (χ1) is 14.0. The minimum atomic E-state index is -3.60. The van der Waals surface area contributed by atoms with E-state index in [4.69, 9.17) is 0 Å². The molecule has 1 aromatic carbocycles. The van der Waals surface area contributed by atoms with Crippen molar-refractivity contribution in [1.82, 2.24) is 9.21 Å². The minimum Gasteiger partial charge on any atom is -0.324 e. The van der Waals surface area contributed by atoms with Crippen molar-refractivity contribution in [1.29, 1.82) is 0 Å². The van der Waals surface area contributed by atoms with Gasteiger partial charge in [0, 0.05) is 25.2 Å². The predicted molar refractivity (Wildman–Crippen MR) is 112 cm³/mol. The van der Waals surface area contributed by atoms with E-state index in [1.807, 2.05) is 13.8 Å². The number of nitrogens with one attached hydrogen (secondary N) is 1. The lowest BCUT2D eigenvalue weighted by Gasteiger charge is -2.23. The summed E-state index contributed by atoms with van der Waals surface area (Å²) >= 11 is 0. The second kappa shape index (κ2) is 8.47. The van der Waals surface area contributed by atoms with Gasteiger partial charge in [-0.1, -0.05) is 26.8 Å². The summed E-state index contributed by atoms with van der Waals surface area (Å²) in [6.07, 6.45) is 2.35. The number of sulfonamides is 1. The van der Waals surface area contributed by atoms with Crippen molar-refractivity contribution in [2.45, 2.75) is 51.3 Å². The van der Waals surface area contributed by atoms with Crippen LogP contribution in [-0.4, -0.2) is 55.0 Å². The van der Waals surface area contributed by atoms with Crippen LogP contribution in [0.5, 0.6) is 0 Å². The van der Waals surface area contributed by atoms with E-state index in [2.05, 4.69) is 5.32 Å². The van der Waals surface area contributed by atoms with Crippen molar-refractivity contribution in [3.63, 3.8) is 0 Å². The van der Waals surface area contributed by atoms with Crippen LogP contribution in [0.3, 0.4) is 0 Å². The lowest BCUT2D eigenvalue weighted by atomic mass is 9.80. The number of imide groups is 1. The molecule has 8 nitrogen and oxygen atoms in total. The van der Waals surface area contributed by atoms with E-state index in [9.17, 15) is 22.8 Å². The van der Waals surface area contributed by atoms with Crippen LogP contribution in [0, 0.1) is 11.3 Å². The zero-order valence-electron chi connectivity index (χ0n) is 17.7. The van der Waals surface area contributed by atoms with Crippen molar-refractivity contribution in [2.75, 3.05) is 25.0 Å². The van der Waals surface area contributed by atoms with E-state index >= 15 is 0 Å². The smallest absolute Gasteiger partial charge is 0.244 e. The highest BCUT2D eigenvalue weighted by Gasteiger charge is 2.48. The lowest BCUT2D eigenvalue weighted by molar-refractivity contribution is -0.144. The Morgan fingerprint density at radius 3 is 2.50 bits per heavy atom. The van der Waals surface area contributed by atoms with Crippen molar-refractivity contribution in [3.05, 3.63) is 24.3 Å². The van der Waals surface area contributed by atoms with Gasteiger partial charge in [0.25, 0.3) is 0 Å². The molecular formula is C21H29N3O5S. The Balaban J connectivity index is 1.68. The molecule has 0 aliphatic carbocycles. The fraction of sp³-hybridized carbons (Fsp3) is 0.571. The standard InChI is InChI=1S/C21H29N3O5S/c1-15(2)12-21(3)13-19(26)24(20(21)27)14-18(25)22-16-7-6-8-17(11-16)30(28,29)23-9-4-5-10-23/h6-8,11,15H,4-5,9-10,12-14H2,1-3H3,(H,22,25)/t21-/m0/s1. The lowest BCUT2D eigenvalue weighted by Crippen LogP contribution is -2.40. The summed E-state index contributed by atoms with van der Waals surface area (Å²) in [6, 6.07) is 6.04. The molecule has 0 unspecified atom stereocenters. The zero-order chi connectivity index (χ0) is 22.1. The van der Waals surface area contributed by atoms with Crippen molar-refractivity contribution in [3.8, 4) is 0 Å². The zero-order valence-corrected chi connectivity index (χ0v) is 18.5. The van der Waals surface area contributed by atoms with Crippen LogP contribution in [0.25, 0.3) is 0 Å². The van der Waals surface area contributed by atoms with Crippen LogP contribution < -0.4 is 5.32 Å². The monoisotopic (exact) mass is 435 g/mol. The number of carbonyl (C=O) groups excluding carboxylic acids is 3. The normalized spacial score (nSPS) is 22.9. The third-order valence-corrected chi connectivity index (χ3v) is 7.48. The number of nitrogens with zero attached hydrogens (tertiary/aromatic N) is 2. The largest absolute Gasteiger partial charge is 0.324 e. The number of amides is 3. The average Bonchev–Trinajstić information content (AvgIpc) is 3.26. The highest BCUT2D eigenvalue weighted by atomic mass is 32.2. The van der Waals surface area contributed by atoms with E-state index in [1.54, 1.807) is 19.1 Å². The summed E-state index contributed by atoms with van der Waals surface area (Å²) in [5.41, 5.74) is -0.473. The predicted octanol–water partition coefficient (Wildman–Crippen LogP) is 2.22. The minimum absolute atomic E-state index is 0.0981. The number of likely N-dealkylation sites (tertiary alicyclic amines) is 1. The number of rotatable bonds is 7. The summed E-state index contributed by atoms with van der Waals surface area (Å²) in [5.74, 6) is -0.979. The van der Waals surface area contributed by atoms with Gasteiger partial charge in [0.1, 0.15) is 6.54 Å². The first kappa shape index (κ1) is 22.4. The summed E-state index contributed by atoms with van der Waals surface area (Å²) in [6.45, 7) is 6.34. The van der Waals surface area contributed by atoms with Crippen LogP contribution >= 0.6 is 0 Å². The van der Waals surface area contributed by atoms with Gasteiger partial charge in [0.2, 0.25) is 27.7 Å². The maximum Gasteiger partial charge on any atom is 0.244 e. The maximum atomic E-state index is 12.7. The molecule has 1 aromatic rings. The summed E-state index contributed by atoms with van der Waals surface area (Å²) in [5, 5.41) is 2.61. The molecule has 0 spiro atoms. The van der Waals surface area contributed by atoms with Crippen molar-refractivity contribution < 1.29 is 22.8 Å². The van der Waals surface area contributed by atoms with Gasteiger partial charge >= 0.3 is 0 Å². The second-order valence-electron chi connectivity index (χ2n) is 8.81. The molecule has 1 N–H and O–H groups in total. The highest BCUT2D eigenvalue weighted by Crippen LogP contribution is 2.38. The SMILES string of the molecule is CC(C)C[C@@]1(C)CC(=O)N(CC(=O)Nc2cccc(S(=O)(=O)N3CCCC3)c2)C1=O. The molecule has 3 rings (SSSR count). The number of hydrogen-bond acceptors (Lipinski definition) is 5. The van der Waals surface area contributed by atoms with Gasteiger partial charge in [0.05, 0.1) is 10.3 Å². The Kier molecular flexibility index (Phi) is 6.33. The first-order valence-electron chi connectivity index (χ1n) is 10.3. The molecule has 0 bridgehead atoms. The fourth-order valence-corrected chi connectivity index (χ4v) is 5.88. The Hall–Kier alpha value is -2.26. The van der Waals surface area contributed by atoms with Crippen molar-refractivity contribution in [2.24, 2.45) is 11.3 Å². The molecule has 9 heteroatoms. The van der Waals surface area contributed by atoms with Crippen LogP contribution in [-0.2, 0) is 24.4 Å². The molecule has 164 valence electrons. The molecule has 1 atom stereocenters. The highest BCUT2D eigenvalue weighted by molar-refractivity contribution is 7.89.